The van der Waals surface area contributed by atoms with E-state index in [1.807, 2.05) is 54.6 Å². The fourth-order valence-corrected chi connectivity index (χ4v) is 3.60. The van der Waals surface area contributed by atoms with Gasteiger partial charge in [0.1, 0.15) is 5.75 Å². The lowest BCUT2D eigenvalue weighted by Crippen LogP contribution is -2.32. The fourth-order valence-electron chi connectivity index (χ4n) is 3.60. The van der Waals surface area contributed by atoms with Gasteiger partial charge in [-0.2, -0.15) is 0 Å². The van der Waals surface area contributed by atoms with Gasteiger partial charge in [0, 0.05) is 35.3 Å². The molecule has 0 unspecified atom stereocenters. The maximum absolute atomic E-state index is 13.7. The summed E-state index contributed by atoms with van der Waals surface area (Å²) in [5.74, 6) is 0.418. The first-order valence-electron chi connectivity index (χ1n) is 9.90. The monoisotopic (exact) mass is 410 g/mol. The number of pyridine rings is 1. The smallest absolute Gasteiger partial charge is 0.262 e. The highest BCUT2D eigenvalue weighted by Gasteiger charge is 2.21. The van der Waals surface area contributed by atoms with Gasteiger partial charge in [-0.05, 0) is 30.3 Å². The van der Waals surface area contributed by atoms with Crippen LogP contribution in [0.2, 0.25) is 0 Å². The number of fused-ring (bicyclic) bond motifs is 1. The number of nitrogens with zero attached hydrogens (tertiary/aromatic N) is 2. The van der Waals surface area contributed by atoms with Crippen LogP contribution < -0.4 is 15.2 Å². The molecule has 0 aliphatic heterocycles. The fraction of sp³-hybridized carbons (Fsp3) is 0.0769. The quantitative estimate of drug-likeness (QED) is 0.428. The Balaban J connectivity index is 1.94. The Morgan fingerprint density at radius 3 is 2.42 bits per heavy atom. The minimum Gasteiger partial charge on any atom is -0.497 e. The summed E-state index contributed by atoms with van der Waals surface area (Å²) in [7, 11) is 1.57. The molecule has 0 atom stereocenters. The highest BCUT2D eigenvalue weighted by atomic mass is 16.5. The van der Waals surface area contributed by atoms with Crippen LogP contribution in [0.5, 0.6) is 5.75 Å². The van der Waals surface area contributed by atoms with Crippen LogP contribution in [0.1, 0.15) is 10.4 Å². The summed E-state index contributed by atoms with van der Waals surface area (Å²) in [6.45, 7) is 4.14. The van der Waals surface area contributed by atoms with Crippen LogP contribution in [-0.4, -0.2) is 24.1 Å². The maximum Gasteiger partial charge on any atom is 0.262 e. The molecule has 0 saturated carbocycles. The van der Waals surface area contributed by atoms with Crippen molar-refractivity contribution in [1.29, 1.82) is 0 Å². The standard InChI is InChI=1S/C26H22N2O3/c1-3-16-27(19-10-5-4-6-11-19)26(30)24-18-28(20-12-9-13-21(17-20)31-2)25(29)23-15-8-7-14-22(23)24/h3-15,17-18H,1,16H2,2H3. The lowest BCUT2D eigenvalue weighted by atomic mass is 10.1. The van der Waals surface area contributed by atoms with E-state index in [4.69, 9.17) is 4.74 Å². The second kappa shape index (κ2) is 8.71. The third-order valence-electron chi connectivity index (χ3n) is 5.11. The Morgan fingerprint density at radius 1 is 1.00 bits per heavy atom. The van der Waals surface area contributed by atoms with Gasteiger partial charge in [-0.3, -0.25) is 14.2 Å². The largest absolute Gasteiger partial charge is 0.497 e. The van der Waals surface area contributed by atoms with E-state index in [1.165, 1.54) is 4.57 Å². The lowest BCUT2D eigenvalue weighted by Gasteiger charge is -2.23. The van der Waals surface area contributed by atoms with Gasteiger partial charge in [0.25, 0.3) is 11.5 Å². The van der Waals surface area contributed by atoms with E-state index in [-0.39, 0.29) is 11.5 Å². The van der Waals surface area contributed by atoms with Crippen LogP contribution in [0.15, 0.2) is 103 Å². The predicted molar refractivity (Wildman–Crippen MR) is 124 cm³/mol. The number of para-hydroxylation sites is 1. The van der Waals surface area contributed by atoms with Gasteiger partial charge in [-0.25, -0.2) is 0 Å². The van der Waals surface area contributed by atoms with Crippen LogP contribution in [0.3, 0.4) is 0 Å². The summed E-state index contributed by atoms with van der Waals surface area (Å²) in [5.41, 5.74) is 1.62. The normalized spacial score (nSPS) is 10.6. The van der Waals surface area contributed by atoms with Gasteiger partial charge in [-0.1, -0.05) is 48.5 Å². The Kier molecular flexibility index (Phi) is 5.67. The van der Waals surface area contributed by atoms with Crippen molar-refractivity contribution in [2.24, 2.45) is 0 Å². The van der Waals surface area contributed by atoms with E-state index in [9.17, 15) is 9.59 Å². The molecule has 0 radical (unpaired) electrons. The van der Waals surface area contributed by atoms with E-state index in [0.717, 1.165) is 5.69 Å². The molecular formula is C26H22N2O3. The van der Waals surface area contributed by atoms with Crippen LogP contribution in [-0.2, 0) is 0 Å². The first-order chi connectivity index (χ1) is 15.1. The van der Waals surface area contributed by atoms with Gasteiger partial charge in [0.05, 0.1) is 18.4 Å². The Labute approximate surface area is 180 Å². The number of ether oxygens (including phenoxy) is 1. The Hall–Kier alpha value is -4.12. The van der Waals surface area contributed by atoms with Crippen molar-refractivity contribution in [3.05, 3.63) is 114 Å². The highest BCUT2D eigenvalue weighted by Crippen LogP contribution is 2.24. The average Bonchev–Trinajstić information content (AvgIpc) is 2.83. The topological polar surface area (TPSA) is 51.5 Å². The summed E-state index contributed by atoms with van der Waals surface area (Å²) >= 11 is 0. The van der Waals surface area contributed by atoms with Crippen LogP contribution >= 0.6 is 0 Å². The molecule has 3 aromatic carbocycles. The molecule has 5 nitrogen and oxygen atoms in total. The molecule has 4 aromatic rings. The number of carbonyl (C=O) groups excluding carboxylic acids is 1. The summed E-state index contributed by atoms with van der Waals surface area (Å²) in [4.78, 5) is 28.6. The van der Waals surface area contributed by atoms with Gasteiger partial charge in [0.15, 0.2) is 0 Å². The van der Waals surface area contributed by atoms with Crippen molar-refractivity contribution in [3.8, 4) is 11.4 Å². The minimum atomic E-state index is -0.209. The van der Waals surface area contributed by atoms with Crippen molar-refractivity contribution >= 4 is 22.4 Å². The lowest BCUT2D eigenvalue weighted by molar-refractivity contribution is 0.0990. The molecule has 5 heteroatoms. The maximum atomic E-state index is 13.7. The number of anilines is 1. The van der Waals surface area contributed by atoms with Gasteiger partial charge in [0.2, 0.25) is 0 Å². The molecule has 1 heterocycles. The first kappa shape index (κ1) is 20.2. The van der Waals surface area contributed by atoms with Gasteiger partial charge < -0.3 is 9.64 Å². The molecule has 0 bridgehead atoms. The predicted octanol–water partition coefficient (Wildman–Crippen LogP) is 4.83. The van der Waals surface area contributed by atoms with Crippen molar-refractivity contribution in [1.82, 2.24) is 4.57 Å². The second-order valence-electron chi connectivity index (χ2n) is 7.00. The van der Waals surface area contributed by atoms with Crippen molar-refractivity contribution in [2.45, 2.75) is 0 Å². The highest BCUT2D eigenvalue weighted by molar-refractivity contribution is 6.14. The third-order valence-corrected chi connectivity index (χ3v) is 5.11. The zero-order valence-corrected chi connectivity index (χ0v) is 17.2. The van der Waals surface area contributed by atoms with Crippen molar-refractivity contribution in [3.63, 3.8) is 0 Å². The van der Waals surface area contributed by atoms with E-state index < -0.39 is 0 Å². The number of hydrogen-bond donors (Lipinski definition) is 0. The number of aromatic nitrogens is 1. The summed E-state index contributed by atoms with van der Waals surface area (Å²) < 4.78 is 6.80. The molecular weight excluding hydrogens is 388 g/mol. The van der Waals surface area contributed by atoms with Crippen LogP contribution in [0.4, 0.5) is 5.69 Å². The van der Waals surface area contributed by atoms with Crippen molar-refractivity contribution in [2.75, 3.05) is 18.6 Å². The Bertz CT molecular complexity index is 1310. The number of rotatable bonds is 6. The number of benzene rings is 3. The molecule has 1 aromatic heterocycles. The van der Waals surface area contributed by atoms with E-state index in [0.29, 0.717) is 34.3 Å². The van der Waals surface area contributed by atoms with Crippen LogP contribution in [0.25, 0.3) is 16.5 Å². The average molecular weight is 410 g/mol. The minimum absolute atomic E-state index is 0.199. The van der Waals surface area contributed by atoms with E-state index in [1.54, 1.807) is 48.5 Å². The molecule has 4 rings (SSSR count). The number of amides is 1. The van der Waals surface area contributed by atoms with Crippen LogP contribution in [0, 0.1) is 0 Å². The molecule has 0 aliphatic carbocycles. The van der Waals surface area contributed by atoms with Gasteiger partial charge >= 0.3 is 0 Å². The summed E-state index contributed by atoms with van der Waals surface area (Å²) in [6.07, 6.45) is 3.30. The Morgan fingerprint density at radius 2 is 1.71 bits per heavy atom. The van der Waals surface area contributed by atoms with Crippen molar-refractivity contribution < 1.29 is 9.53 Å². The number of carbonyl (C=O) groups is 1. The molecule has 1 amide bonds. The molecule has 0 aliphatic rings. The summed E-state index contributed by atoms with van der Waals surface area (Å²) in [5, 5.41) is 1.09. The van der Waals surface area contributed by atoms with E-state index >= 15 is 0 Å². The summed E-state index contributed by atoms with van der Waals surface area (Å²) in [6, 6.07) is 23.8. The van der Waals surface area contributed by atoms with Gasteiger partial charge in [-0.15, -0.1) is 6.58 Å². The third kappa shape index (κ3) is 3.85. The number of hydrogen-bond acceptors (Lipinski definition) is 3. The first-order valence-corrected chi connectivity index (χ1v) is 9.90. The van der Waals surface area contributed by atoms with E-state index in [2.05, 4.69) is 6.58 Å². The SMILES string of the molecule is C=CCN(C(=O)c1cn(-c2cccc(OC)c2)c(=O)c2ccccc12)c1ccccc1. The molecule has 0 N–H and O–H groups in total. The molecule has 154 valence electrons. The number of methoxy groups -OCH3 is 1. The molecule has 0 spiro atoms. The molecule has 0 fully saturated rings. The zero-order valence-electron chi connectivity index (χ0n) is 17.2. The molecule has 31 heavy (non-hydrogen) atoms. The molecule has 0 saturated heterocycles. The zero-order chi connectivity index (χ0) is 21.8. The second-order valence-corrected chi connectivity index (χ2v) is 7.00.